The van der Waals surface area contributed by atoms with Crippen LogP contribution < -0.4 is 4.74 Å². The average molecular weight is 1840 g/mol. The summed E-state index contributed by atoms with van der Waals surface area (Å²) in [6.07, 6.45) is 10.8. The van der Waals surface area contributed by atoms with Crippen LogP contribution in [0.4, 0.5) is 0 Å². The summed E-state index contributed by atoms with van der Waals surface area (Å²) in [4.78, 5) is 36.0. The molecule has 10 heteroatoms. The number of rotatable bonds is 21. The lowest BCUT2D eigenvalue weighted by molar-refractivity contribution is -0.161. The molecule has 0 spiro atoms. The van der Waals surface area contributed by atoms with Crippen LogP contribution in [0.25, 0.3) is 21.9 Å². The molecule has 2 aliphatic carbocycles. The minimum atomic E-state index is -0.413. The Balaban J connectivity index is -0.000000125. The molecule has 9 atom stereocenters. The molecule has 0 heterocycles. The van der Waals surface area contributed by atoms with Crippen molar-refractivity contribution in [1.82, 2.24) is 0 Å². The van der Waals surface area contributed by atoms with E-state index in [9.17, 15) is 19.5 Å². The van der Waals surface area contributed by atoms with Gasteiger partial charge in [-0.25, -0.2) is 0 Å². The molecule has 2 aliphatic rings. The lowest BCUT2D eigenvalue weighted by Crippen LogP contribution is -2.28. The standard InChI is InChI=1S/C17H24O3.C16H18O.C15H22O2.C14H20O2.C14H16.C11H14.2C10H14O.16CH4/c1-5-17(2,3)16(18)20-15-8-6-7-12-11-13(19-4)9-10-14(12)15;1-3-12(2)13-4-6-14(7-5-13)15-8-10-16(17)11-9-15;1-6-15(4,5)14(16)17-12(3)13-9-7-11(2)8-10-13;1-5-14(3,4)13(15)16-11(2)12-9-7-6-8-10-12;1-3-11(2)13-9-8-12-6-4-5-7-14(12)10-13;1-8-7-10-5-3-4-6-11(10)9(8)2;2*1-3-8(2)9-4-6-10(11)7-5-9;;;;;;;;;;;;;;;;/h9-11,15H,5-8H2,1-4H3;4-12,17H,3H2,1-2H3;7-10,12H,6H2,1-5H3;6-11H,5H2,1-4H3;4-11H,3H2,1-2H3;3-6,8-9H,7H2,1-2H3;2*4-8,11H,3H2,1-2H3;16*1H4. The molecule has 3 N–H and O–H groups in total. The van der Waals surface area contributed by atoms with Crippen molar-refractivity contribution in [1.29, 1.82) is 0 Å². The van der Waals surface area contributed by atoms with Crippen LogP contribution in [-0.4, -0.2) is 40.3 Å². The van der Waals surface area contributed by atoms with E-state index in [4.69, 9.17) is 29.2 Å². The molecule has 10 aromatic rings. The summed E-state index contributed by atoms with van der Waals surface area (Å²) < 4.78 is 22.0. The van der Waals surface area contributed by atoms with E-state index >= 15 is 0 Å². The van der Waals surface area contributed by atoms with Crippen LogP contribution in [-0.2, 0) is 41.4 Å². The van der Waals surface area contributed by atoms with E-state index in [0.717, 1.165) is 91.2 Å². The van der Waals surface area contributed by atoms with Gasteiger partial charge in [0, 0.05) is 0 Å². The Kier molecular flexibility index (Phi) is 83.2. The van der Waals surface area contributed by atoms with Gasteiger partial charge in [-0.3, -0.25) is 14.4 Å². The van der Waals surface area contributed by atoms with E-state index < -0.39 is 16.2 Å². The highest BCUT2D eigenvalue weighted by Gasteiger charge is 2.33. The molecule has 10 aromatic carbocycles. The highest BCUT2D eigenvalue weighted by atomic mass is 16.6. The van der Waals surface area contributed by atoms with Gasteiger partial charge in [-0.2, -0.15) is 0 Å². The summed E-state index contributed by atoms with van der Waals surface area (Å²) in [7, 11) is 1.67. The summed E-state index contributed by atoms with van der Waals surface area (Å²) in [6.45, 7) is 45.7. The number of phenols is 3. The van der Waals surface area contributed by atoms with Gasteiger partial charge in [0.2, 0.25) is 0 Å². The number of benzene rings is 10. The van der Waals surface area contributed by atoms with Crippen LogP contribution in [0.3, 0.4) is 0 Å². The molecule has 758 valence electrons. The van der Waals surface area contributed by atoms with E-state index in [1.165, 1.54) is 69.0 Å². The van der Waals surface area contributed by atoms with Crippen molar-refractivity contribution >= 4 is 28.7 Å². The Hall–Kier alpha value is -9.93. The number of aryl methyl sites for hydroxylation is 2. The summed E-state index contributed by atoms with van der Waals surface area (Å²) >= 11 is 0. The Labute approximate surface area is 823 Å². The third kappa shape index (κ3) is 48.2. The minimum Gasteiger partial charge on any atom is -0.508 e. The molecule has 0 fully saturated rings. The van der Waals surface area contributed by atoms with Gasteiger partial charge in [-0.15, -0.1) is 0 Å². The number of aromatic hydroxyl groups is 3. The summed E-state index contributed by atoms with van der Waals surface area (Å²) in [5, 5.41) is 30.0. The van der Waals surface area contributed by atoms with Crippen LogP contribution >= 0.6 is 0 Å². The zero-order valence-corrected chi connectivity index (χ0v) is 75.2. The summed E-state index contributed by atoms with van der Waals surface area (Å²) in [5.41, 5.74) is 15.3. The number of hydrogen-bond donors (Lipinski definition) is 3. The fourth-order valence-electron chi connectivity index (χ4n) is 12.8. The average Bonchev–Trinajstić information content (AvgIpc) is 1.52. The van der Waals surface area contributed by atoms with Crippen molar-refractivity contribution < 1.29 is 48.7 Å². The van der Waals surface area contributed by atoms with Crippen LogP contribution in [0.2, 0.25) is 0 Å². The van der Waals surface area contributed by atoms with Gasteiger partial charge in [0.05, 0.1) is 23.4 Å². The maximum atomic E-state index is 12.3. The van der Waals surface area contributed by atoms with Crippen molar-refractivity contribution in [3.05, 3.63) is 298 Å². The number of ether oxygens (including phenoxy) is 4. The van der Waals surface area contributed by atoms with Gasteiger partial charge in [0.1, 0.15) is 41.3 Å². The quantitative estimate of drug-likeness (QED) is 0.0469. The van der Waals surface area contributed by atoms with E-state index in [2.05, 4.69) is 166 Å². The Morgan fingerprint density at radius 3 is 1.10 bits per heavy atom. The van der Waals surface area contributed by atoms with Crippen LogP contribution in [0, 0.1) is 29.1 Å². The van der Waals surface area contributed by atoms with E-state index in [1.807, 2.05) is 186 Å². The maximum absolute atomic E-state index is 12.3. The topological polar surface area (TPSA) is 149 Å². The first-order valence-electron chi connectivity index (χ1n) is 43.0. The number of methoxy groups -OCH3 is 1. The zero-order chi connectivity index (χ0) is 86.6. The van der Waals surface area contributed by atoms with Crippen LogP contribution in [0.1, 0.15) is 431 Å². The zero-order valence-electron chi connectivity index (χ0n) is 75.2. The number of carbonyl (C=O) groups is 3. The van der Waals surface area contributed by atoms with E-state index in [1.54, 1.807) is 54.6 Å². The fraction of sp³-hybridized carbons (Fsp3) is 0.504. The Morgan fingerprint density at radius 2 is 0.699 bits per heavy atom. The molecule has 10 nitrogen and oxygen atoms in total. The summed E-state index contributed by atoms with van der Waals surface area (Å²) in [6, 6.07) is 78.9. The third-order valence-electron chi connectivity index (χ3n) is 23.9. The smallest absolute Gasteiger partial charge is 0.312 e. The number of phenolic OH excluding ortho intramolecular Hbond substituents is 3. The van der Waals surface area contributed by atoms with Gasteiger partial charge in [-0.1, -0.05) is 402 Å². The van der Waals surface area contributed by atoms with Crippen molar-refractivity contribution in [2.45, 2.75) is 390 Å². The van der Waals surface area contributed by atoms with Crippen molar-refractivity contribution in [2.24, 2.45) is 22.2 Å². The highest BCUT2D eigenvalue weighted by molar-refractivity contribution is 5.83. The van der Waals surface area contributed by atoms with Gasteiger partial charge in [0.25, 0.3) is 0 Å². The lowest BCUT2D eigenvalue weighted by Gasteiger charge is -2.29. The first-order chi connectivity index (χ1) is 55.6. The molecule has 9 unspecified atom stereocenters. The van der Waals surface area contributed by atoms with Crippen molar-refractivity contribution in [2.75, 3.05) is 7.11 Å². The Morgan fingerprint density at radius 1 is 0.361 bits per heavy atom. The third-order valence-corrected chi connectivity index (χ3v) is 23.9. The molecule has 0 aromatic heterocycles. The van der Waals surface area contributed by atoms with E-state index in [0.29, 0.717) is 40.9 Å². The molecular formula is C123H206O10. The SMILES string of the molecule is C.C.C.C.C.C.C.C.C.C.C.C.C.C.C.C.CC1Cc2ccccc2C1C.CCC(C)(C)C(=O)OC(C)c1ccc(C)cc1.CCC(C)(C)C(=O)OC(C)c1ccccc1.CCC(C)(C)C(=O)OC1CCCc2cc(OC)ccc21.CCC(C)c1ccc(-c2ccc(O)cc2)cc1.CCC(C)c1ccc(O)cc1.CCC(C)c1ccc(O)cc1.CCC(C)c1ccc2ccccc2c1. The maximum Gasteiger partial charge on any atom is 0.312 e. The van der Waals surface area contributed by atoms with Gasteiger partial charge in [0.15, 0.2) is 0 Å². The predicted octanol–water partition coefficient (Wildman–Crippen LogP) is 39.7. The minimum absolute atomic E-state index is 0. The van der Waals surface area contributed by atoms with Crippen molar-refractivity contribution in [3.8, 4) is 34.1 Å². The van der Waals surface area contributed by atoms with E-state index in [-0.39, 0.29) is 155 Å². The molecule has 12 rings (SSSR count). The summed E-state index contributed by atoms with van der Waals surface area (Å²) in [5.74, 6) is 5.57. The van der Waals surface area contributed by atoms with Gasteiger partial charge < -0.3 is 34.3 Å². The van der Waals surface area contributed by atoms with Gasteiger partial charge in [-0.05, 0) is 295 Å². The van der Waals surface area contributed by atoms with Crippen LogP contribution in [0.5, 0.6) is 23.0 Å². The first-order valence-corrected chi connectivity index (χ1v) is 43.0. The predicted molar refractivity (Wildman–Crippen MR) is 598 cm³/mol. The normalized spacial score (nSPS) is 13.5. The van der Waals surface area contributed by atoms with Gasteiger partial charge >= 0.3 is 17.9 Å². The first kappa shape index (κ1) is 149. The molecule has 0 bridgehead atoms. The number of hydrogen-bond acceptors (Lipinski definition) is 10. The van der Waals surface area contributed by atoms with Crippen LogP contribution in [0.15, 0.2) is 237 Å². The number of fused-ring (bicyclic) bond motifs is 3. The molecule has 0 saturated heterocycles. The molecule has 0 aliphatic heterocycles. The second kappa shape index (κ2) is 74.4. The lowest BCUT2D eigenvalue weighted by atomic mass is 9.87. The molecule has 0 radical (unpaired) electrons. The number of carbonyl (C=O) groups excluding carboxylic acids is 3. The highest BCUT2D eigenvalue weighted by Crippen LogP contribution is 2.39. The van der Waals surface area contributed by atoms with Crippen molar-refractivity contribution in [3.63, 3.8) is 0 Å². The second-order valence-electron chi connectivity index (χ2n) is 33.8. The molecule has 0 saturated carbocycles. The molecule has 133 heavy (non-hydrogen) atoms. The number of esters is 3. The molecule has 0 amide bonds. The monoisotopic (exact) mass is 1840 g/mol. The second-order valence-corrected chi connectivity index (χ2v) is 33.8. The largest absolute Gasteiger partial charge is 0.508 e. The Bertz CT molecular complexity index is 4470. The molecular weight excluding hydrogens is 1640 g/mol. The fourth-order valence-corrected chi connectivity index (χ4v) is 12.8.